The molecule has 0 fully saturated rings. The summed E-state index contributed by atoms with van der Waals surface area (Å²) in [6.07, 6.45) is 0. The molecule has 0 bridgehead atoms. The van der Waals surface area contributed by atoms with E-state index in [1.807, 2.05) is 36.2 Å². The number of carbonyl (C=O) groups excluding carboxylic acids is 1. The summed E-state index contributed by atoms with van der Waals surface area (Å²) in [7, 11) is 1.89. The lowest BCUT2D eigenvalue weighted by atomic mass is 10.3. The number of nitro benzene ring substituents is 1. The van der Waals surface area contributed by atoms with Gasteiger partial charge in [-0.15, -0.1) is 11.3 Å². The standard InChI is InChI=1S/C19H21N5O3S/c1-23(13-19-22-16-4-2-3-5-17(16)28-19)12-18(25)21-11-10-20-14-6-8-15(9-7-14)24(26)27/h2-9,20H,10-13H2,1H3,(H,21,25). The maximum atomic E-state index is 12.1. The van der Waals surface area contributed by atoms with Gasteiger partial charge >= 0.3 is 0 Å². The number of benzene rings is 2. The summed E-state index contributed by atoms with van der Waals surface area (Å²) in [5.41, 5.74) is 1.81. The van der Waals surface area contributed by atoms with Gasteiger partial charge in [-0.05, 0) is 31.3 Å². The van der Waals surface area contributed by atoms with E-state index >= 15 is 0 Å². The second-order valence-corrected chi connectivity index (χ2v) is 7.44. The Morgan fingerprint density at radius 1 is 1.18 bits per heavy atom. The summed E-state index contributed by atoms with van der Waals surface area (Å²) in [4.78, 5) is 28.8. The molecule has 0 aliphatic rings. The molecule has 9 heteroatoms. The van der Waals surface area contributed by atoms with Gasteiger partial charge in [0.1, 0.15) is 5.01 Å². The van der Waals surface area contributed by atoms with Crippen molar-refractivity contribution in [1.82, 2.24) is 15.2 Å². The average molecular weight is 399 g/mol. The number of nitro groups is 1. The minimum Gasteiger partial charge on any atom is -0.383 e. The van der Waals surface area contributed by atoms with E-state index in [4.69, 9.17) is 0 Å². The van der Waals surface area contributed by atoms with Crippen LogP contribution >= 0.6 is 11.3 Å². The summed E-state index contributed by atoms with van der Waals surface area (Å²) >= 11 is 1.64. The zero-order valence-corrected chi connectivity index (χ0v) is 16.2. The van der Waals surface area contributed by atoms with E-state index in [-0.39, 0.29) is 18.1 Å². The van der Waals surface area contributed by atoms with Gasteiger partial charge in [-0.2, -0.15) is 0 Å². The number of amides is 1. The number of carbonyl (C=O) groups is 1. The largest absolute Gasteiger partial charge is 0.383 e. The van der Waals surface area contributed by atoms with Crippen molar-refractivity contribution < 1.29 is 9.72 Å². The minimum absolute atomic E-state index is 0.0509. The van der Waals surface area contributed by atoms with Crippen LogP contribution in [0.25, 0.3) is 10.2 Å². The van der Waals surface area contributed by atoms with Crippen molar-refractivity contribution in [1.29, 1.82) is 0 Å². The second-order valence-electron chi connectivity index (χ2n) is 6.33. The van der Waals surface area contributed by atoms with Crippen LogP contribution in [-0.2, 0) is 11.3 Å². The van der Waals surface area contributed by atoms with E-state index in [0.717, 1.165) is 20.9 Å². The van der Waals surface area contributed by atoms with E-state index < -0.39 is 4.92 Å². The Balaban J connectivity index is 1.37. The molecule has 28 heavy (non-hydrogen) atoms. The smallest absolute Gasteiger partial charge is 0.269 e. The molecule has 0 radical (unpaired) electrons. The third-order valence-corrected chi connectivity index (χ3v) is 5.03. The molecule has 0 aliphatic carbocycles. The molecule has 1 heterocycles. The number of rotatable bonds is 9. The first-order valence-corrected chi connectivity index (χ1v) is 9.61. The number of hydrogen-bond donors (Lipinski definition) is 2. The number of nitrogens with one attached hydrogen (secondary N) is 2. The van der Waals surface area contributed by atoms with Crippen molar-refractivity contribution in [3.63, 3.8) is 0 Å². The summed E-state index contributed by atoms with van der Waals surface area (Å²) in [6, 6.07) is 14.2. The van der Waals surface area contributed by atoms with Crippen molar-refractivity contribution >= 4 is 38.8 Å². The molecule has 0 unspecified atom stereocenters. The van der Waals surface area contributed by atoms with E-state index in [1.54, 1.807) is 23.5 Å². The van der Waals surface area contributed by atoms with Crippen LogP contribution in [-0.4, -0.2) is 47.4 Å². The highest BCUT2D eigenvalue weighted by Gasteiger charge is 2.10. The first kappa shape index (κ1) is 19.7. The van der Waals surface area contributed by atoms with Gasteiger partial charge in [-0.1, -0.05) is 12.1 Å². The Kier molecular flexibility index (Phi) is 6.51. The zero-order chi connectivity index (χ0) is 19.9. The fraction of sp³-hybridized carbons (Fsp3) is 0.263. The van der Waals surface area contributed by atoms with Crippen LogP contribution in [0.3, 0.4) is 0 Å². The van der Waals surface area contributed by atoms with Crippen LogP contribution in [0.5, 0.6) is 0 Å². The van der Waals surface area contributed by atoms with Gasteiger partial charge in [-0.3, -0.25) is 19.8 Å². The average Bonchev–Trinajstić information content (AvgIpc) is 3.07. The van der Waals surface area contributed by atoms with Gasteiger partial charge in [0, 0.05) is 30.9 Å². The topological polar surface area (TPSA) is 100 Å². The quantitative estimate of drug-likeness (QED) is 0.326. The van der Waals surface area contributed by atoms with E-state index in [9.17, 15) is 14.9 Å². The van der Waals surface area contributed by atoms with Gasteiger partial charge in [0.15, 0.2) is 0 Å². The number of fused-ring (bicyclic) bond motifs is 1. The lowest BCUT2D eigenvalue weighted by Gasteiger charge is -2.15. The molecule has 2 N–H and O–H groups in total. The molecule has 0 saturated carbocycles. The Morgan fingerprint density at radius 2 is 1.93 bits per heavy atom. The fourth-order valence-corrected chi connectivity index (χ4v) is 3.73. The molecule has 1 aromatic heterocycles. The van der Waals surface area contributed by atoms with Gasteiger partial charge < -0.3 is 10.6 Å². The second kappa shape index (κ2) is 9.25. The Labute approximate surface area is 166 Å². The van der Waals surface area contributed by atoms with Crippen LogP contribution in [0.4, 0.5) is 11.4 Å². The fourth-order valence-electron chi connectivity index (χ4n) is 2.69. The van der Waals surface area contributed by atoms with E-state index in [2.05, 4.69) is 15.6 Å². The molecule has 0 aliphatic heterocycles. The number of aromatic nitrogens is 1. The summed E-state index contributed by atoms with van der Waals surface area (Å²) in [5, 5.41) is 17.6. The molecular weight excluding hydrogens is 378 g/mol. The van der Waals surface area contributed by atoms with Crippen LogP contribution in [0.15, 0.2) is 48.5 Å². The maximum absolute atomic E-state index is 12.1. The van der Waals surface area contributed by atoms with Crippen LogP contribution < -0.4 is 10.6 Å². The molecule has 8 nitrogen and oxygen atoms in total. The lowest BCUT2D eigenvalue weighted by molar-refractivity contribution is -0.384. The van der Waals surface area contributed by atoms with Gasteiger partial charge in [0.25, 0.3) is 5.69 Å². The third kappa shape index (κ3) is 5.48. The van der Waals surface area contributed by atoms with Crippen molar-refractivity contribution in [2.24, 2.45) is 0 Å². The predicted molar refractivity (Wildman–Crippen MR) is 111 cm³/mol. The Hall–Kier alpha value is -3.04. The molecule has 1 amide bonds. The van der Waals surface area contributed by atoms with E-state index in [1.165, 1.54) is 12.1 Å². The van der Waals surface area contributed by atoms with Crippen molar-refractivity contribution in [2.45, 2.75) is 6.54 Å². The van der Waals surface area contributed by atoms with Crippen molar-refractivity contribution in [3.8, 4) is 0 Å². The van der Waals surface area contributed by atoms with E-state index in [0.29, 0.717) is 19.6 Å². The van der Waals surface area contributed by atoms with Gasteiger partial charge in [0.2, 0.25) is 5.91 Å². The van der Waals surface area contributed by atoms with Gasteiger partial charge in [-0.25, -0.2) is 4.98 Å². The molecule has 0 saturated heterocycles. The Bertz CT molecular complexity index is 925. The molecule has 0 spiro atoms. The zero-order valence-electron chi connectivity index (χ0n) is 15.4. The van der Waals surface area contributed by atoms with Gasteiger partial charge in [0.05, 0.1) is 28.2 Å². The first-order chi connectivity index (χ1) is 13.5. The number of non-ortho nitro benzene ring substituents is 1. The molecule has 3 aromatic rings. The van der Waals surface area contributed by atoms with Crippen molar-refractivity contribution in [2.75, 3.05) is 32.0 Å². The normalized spacial score (nSPS) is 10.9. The number of para-hydroxylation sites is 1. The molecule has 0 atom stereocenters. The highest BCUT2D eigenvalue weighted by Crippen LogP contribution is 2.22. The SMILES string of the molecule is CN(CC(=O)NCCNc1ccc([N+](=O)[O-])cc1)Cc1nc2ccccc2s1. The number of thiazole rings is 1. The van der Waals surface area contributed by atoms with Crippen LogP contribution in [0.2, 0.25) is 0 Å². The minimum atomic E-state index is -0.436. The number of likely N-dealkylation sites (N-methyl/N-ethyl adjacent to an activating group) is 1. The number of nitrogens with zero attached hydrogens (tertiary/aromatic N) is 3. The highest BCUT2D eigenvalue weighted by atomic mass is 32.1. The maximum Gasteiger partial charge on any atom is 0.269 e. The molecule has 3 rings (SSSR count). The molecular formula is C19H21N5O3S. The van der Waals surface area contributed by atoms with Crippen LogP contribution in [0.1, 0.15) is 5.01 Å². The van der Waals surface area contributed by atoms with Crippen molar-refractivity contribution in [3.05, 3.63) is 63.7 Å². The molecule has 146 valence electrons. The summed E-state index contributed by atoms with van der Waals surface area (Å²) in [6.45, 7) is 1.90. The highest BCUT2D eigenvalue weighted by molar-refractivity contribution is 7.18. The monoisotopic (exact) mass is 399 g/mol. The predicted octanol–water partition coefficient (Wildman–Crippen LogP) is 2.86. The number of hydrogen-bond acceptors (Lipinski definition) is 7. The summed E-state index contributed by atoms with van der Waals surface area (Å²) < 4.78 is 1.15. The summed E-state index contributed by atoms with van der Waals surface area (Å²) in [5.74, 6) is -0.0610. The Morgan fingerprint density at radius 3 is 2.64 bits per heavy atom. The lowest BCUT2D eigenvalue weighted by Crippen LogP contribution is -2.37. The first-order valence-electron chi connectivity index (χ1n) is 8.79. The van der Waals surface area contributed by atoms with Crippen LogP contribution in [0, 0.1) is 10.1 Å². The third-order valence-electron chi connectivity index (χ3n) is 4.01. The molecule has 2 aromatic carbocycles. The number of anilines is 1.